The Kier molecular flexibility index (Phi) is 7.83. The predicted octanol–water partition coefficient (Wildman–Crippen LogP) is 3.63. The van der Waals surface area contributed by atoms with Crippen molar-refractivity contribution in [1.29, 1.82) is 0 Å². The van der Waals surface area contributed by atoms with Crippen molar-refractivity contribution in [1.82, 2.24) is 15.2 Å². The SMILES string of the molecule is CC(C)(C)c1ccc(C(=O)NCCC(=O)NCc2ccc(Cn3ccccc3=O)cc2)cc1. The van der Waals surface area contributed by atoms with E-state index in [0.29, 0.717) is 18.7 Å². The largest absolute Gasteiger partial charge is 0.352 e. The molecule has 6 heteroatoms. The van der Waals surface area contributed by atoms with E-state index in [2.05, 4.69) is 31.4 Å². The van der Waals surface area contributed by atoms with E-state index in [1.807, 2.05) is 54.6 Å². The van der Waals surface area contributed by atoms with Crippen molar-refractivity contribution in [3.63, 3.8) is 0 Å². The zero-order valence-electron chi connectivity index (χ0n) is 19.4. The van der Waals surface area contributed by atoms with Crippen LogP contribution in [-0.4, -0.2) is 22.9 Å². The first-order valence-corrected chi connectivity index (χ1v) is 11.1. The minimum atomic E-state index is -0.184. The van der Waals surface area contributed by atoms with Crippen molar-refractivity contribution < 1.29 is 9.59 Å². The second-order valence-electron chi connectivity index (χ2n) is 9.09. The number of carbonyl (C=O) groups is 2. The normalized spacial score (nSPS) is 11.1. The molecule has 0 saturated carbocycles. The first-order chi connectivity index (χ1) is 15.7. The molecule has 0 spiro atoms. The van der Waals surface area contributed by atoms with E-state index in [-0.39, 0.29) is 35.8 Å². The molecule has 172 valence electrons. The smallest absolute Gasteiger partial charge is 0.251 e. The van der Waals surface area contributed by atoms with Gasteiger partial charge in [-0.05, 0) is 40.3 Å². The monoisotopic (exact) mass is 445 g/mol. The topological polar surface area (TPSA) is 80.2 Å². The van der Waals surface area contributed by atoms with E-state index in [1.54, 1.807) is 16.8 Å². The number of hydrogen-bond acceptors (Lipinski definition) is 3. The van der Waals surface area contributed by atoms with Gasteiger partial charge in [0.05, 0.1) is 6.54 Å². The van der Waals surface area contributed by atoms with Gasteiger partial charge in [0.2, 0.25) is 5.91 Å². The first kappa shape index (κ1) is 24.0. The average molecular weight is 446 g/mol. The number of hydrogen-bond donors (Lipinski definition) is 2. The maximum Gasteiger partial charge on any atom is 0.251 e. The summed E-state index contributed by atoms with van der Waals surface area (Å²) in [5.41, 5.74) is 3.73. The van der Waals surface area contributed by atoms with Crippen LogP contribution in [0.15, 0.2) is 77.7 Å². The summed E-state index contributed by atoms with van der Waals surface area (Å²) in [4.78, 5) is 36.2. The van der Waals surface area contributed by atoms with Crippen molar-refractivity contribution >= 4 is 11.8 Å². The molecular formula is C27H31N3O3. The maximum atomic E-state index is 12.3. The van der Waals surface area contributed by atoms with Crippen molar-refractivity contribution in [2.75, 3.05) is 6.54 Å². The summed E-state index contributed by atoms with van der Waals surface area (Å²) in [6.45, 7) is 7.57. The van der Waals surface area contributed by atoms with Crippen LogP contribution in [0.4, 0.5) is 0 Å². The molecule has 2 N–H and O–H groups in total. The third kappa shape index (κ3) is 7.17. The zero-order chi connectivity index (χ0) is 23.8. The highest BCUT2D eigenvalue weighted by atomic mass is 16.2. The molecule has 33 heavy (non-hydrogen) atoms. The molecule has 1 aromatic heterocycles. The van der Waals surface area contributed by atoms with E-state index >= 15 is 0 Å². The molecule has 3 rings (SSSR count). The molecule has 2 amide bonds. The number of pyridine rings is 1. The maximum absolute atomic E-state index is 12.3. The highest BCUT2D eigenvalue weighted by Crippen LogP contribution is 2.22. The van der Waals surface area contributed by atoms with Crippen LogP contribution in [0.5, 0.6) is 0 Å². The quantitative estimate of drug-likeness (QED) is 0.556. The number of nitrogens with one attached hydrogen (secondary N) is 2. The highest BCUT2D eigenvalue weighted by molar-refractivity contribution is 5.94. The molecule has 0 bridgehead atoms. The fourth-order valence-electron chi connectivity index (χ4n) is 3.35. The molecule has 2 aromatic carbocycles. The molecule has 3 aromatic rings. The van der Waals surface area contributed by atoms with Gasteiger partial charge in [-0.15, -0.1) is 0 Å². The number of amides is 2. The van der Waals surface area contributed by atoms with E-state index in [4.69, 9.17) is 0 Å². The summed E-state index contributed by atoms with van der Waals surface area (Å²) >= 11 is 0. The van der Waals surface area contributed by atoms with E-state index in [0.717, 1.165) is 11.1 Å². The highest BCUT2D eigenvalue weighted by Gasteiger charge is 2.14. The molecule has 0 radical (unpaired) electrons. The average Bonchev–Trinajstić information content (AvgIpc) is 2.79. The number of benzene rings is 2. The molecule has 0 fully saturated rings. The Balaban J connectivity index is 1.40. The number of nitrogens with zero attached hydrogens (tertiary/aromatic N) is 1. The van der Waals surface area contributed by atoms with Gasteiger partial charge in [-0.1, -0.05) is 63.2 Å². The summed E-state index contributed by atoms with van der Waals surface area (Å²) in [7, 11) is 0. The Bertz CT molecular complexity index is 1140. The van der Waals surface area contributed by atoms with Crippen LogP contribution in [0.3, 0.4) is 0 Å². The number of carbonyl (C=O) groups excluding carboxylic acids is 2. The Morgan fingerprint density at radius 1 is 0.848 bits per heavy atom. The molecule has 0 aliphatic rings. The molecule has 6 nitrogen and oxygen atoms in total. The Morgan fingerprint density at radius 2 is 1.52 bits per heavy atom. The second kappa shape index (κ2) is 10.8. The lowest BCUT2D eigenvalue weighted by Crippen LogP contribution is -2.30. The minimum absolute atomic E-state index is 0.0364. The van der Waals surface area contributed by atoms with Crippen molar-refractivity contribution in [3.8, 4) is 0 Å². The van der Waals surface area contributed by atoms with Crippen LogP contribution < -0.4 is 16.2 Å². The summed E-state index contributed by atoms with van der Waals surface area (Å²) in [5, 5.41) is 5.66. The molecule has 0 atom stereocenters. The molecule has 0 saturated heterocycles. The Hall–Kier alpha value is -3.67. The third-order valence-electron chi connectivity index (χ3n) is 5.42. The number of aromatic nitrogens is 1. The van der Waals surface area contributed by atoms with Gasteiger partial charge in [0.25, 0.3) is 11.5 Å². The van der Waals surface area contributed by atoms with Crippen LogP contribution in [0.1, 0.15) is 54.2 Å². The lowest BCUT2D eigenvalue weighted by atomic mass is 9.87. The third-order valence-corrected chi connectivity index (χ3v) is 5.42. The van der Waals surface area contributed by atoms with Gasteiger partial charge < -0.3 is 15.2 Å². The van der Waals surface area contributed by atoms with Crippen LogP contribution in [-0.2, 0) is 23.3 Å². The molecule has 0 unspecified atom stereocenters. The van der Waals surface area contributed by atoms with Gasteiger partial charge in [0.15, 0.2) is 0 Å². The van der Waals surface area contributed by atoms with Crippen LogP contribution in [0.2, 0.25) is 0 Å². The molecule has 0 aliphatic heterocycles. The van der Waals surface area contributed by atoms with Gasteiger partial charge in [0, 0.05) is 37.3 Å². The Labute approximate surface area is 194 Å². The van der Waals surface area contributed by atoms with Crippen molar-refractivity contribution in [2.24, 2.45) is 0 Å². The fourth-order valence-corrected chi connectivity index (χ4v) is 3.35. The van der Waals surface area contributed by atoms with Crippen molar-refractivity contribution in [3.05, 3.63) is 106 Å². The van der Waals surface area contributed by atoms with Gasteiger partial charge in [0.1, 0.15) is 0 Å². The van der Waals surface area contributed by atoms with Gasteiger partial charge in [-0.25, -0.2) is 0 Å². The number of rotatable bonds is 8. The first-order valence-electron chi connectivity index (χ1n) is 11.1. The molecule has 0 aliphatic carbocycles. The van der Waals surface area contributed by atoms with E-state index in [9.17, 15) is 14.4 Å². The minimum Gasteiger partial charge on any atom is -0.352 e. The Morgan fingerprint density at radius 3 is 2.15 bits per heavy atom. The molecule has 1 heterocycles. The lowest BCUT2D eigenvalue weighted by molar-refractivity contribution is -0.121. The second-order valence-corrected chi connectivity index (χ2v) is 9.09. The standard InChI is InChI=1S/C27H31N3O3/c1-27(2,3)23-13-11-22(12-14-23)26(33)28-16-15-24(31)29-18-20-7-9-21(10-8-20)19-30-17-5-4-6-25(30)32/h4-14,17H,15-16,18-19H2,1-3H3,(H,28,33)(H,29,31). The van der Waals surface area contributed by atoms with E-state index in [1.165, 1.54) is 11.6 Å². The van der Waals surface area contributed by atoms with Gasteiger partial charge in [-0.2, -0.15) is 0 Å². The van der Waals surface area contributed by atoms with Gasteiger partial charge in [-0.3, -0.25) is 14.4 Å². The van der Waals surface area contributed by atoms with Crippen LogP contribution >= 0.6 is 0 Å². The zero-order valence-corrected chi connectivity index (χ0v) is 19.4. The van der Waals surface area contributed by atoms with Crippen molar-refractivity contribution in [2.45, 2.75) is 45.7 Å². The van der Waals surface area contributed by atoms with Crippen LogP contribution in [0, 0.1) is 0 Å². The summed E-state index contributed by atoms with van der Waals surface area (Å²) < 4.78 is 1.64. The molecular weight excluding hydrogens is 414 g/mol. The van der Waals surface area contributed by atoms with Crippen LogP contribution in [0.25, 0.3) is 0 Å². The summed E-state index contributed by atoms with van der Waals surface area (Å²) in [5.74, 6) is -0.310. The lowest BCUT2D eigenvalue weighted by Gasteiger charge is -2.19. The van der Waals surface area contributed by atoms with E-state index < -0.39 is 0 Å². The fraction of sp³-hybridized carbons (Fsp3) is 0.296. The summed E-state index contributed by atoms with van der Waals surface area (Å²) in [6.07, 6.45) is 1.97. The predicted molar refractivity (Wildman–Crippen MR) is 130 cm³/mol. The van der Waals surface area contributed by atoms with Gasteiger partial charge >= 0.3 is 0 Å². The summed E-state index contributed by atoms with van der Waals surface area (Å²) in [6, 6.07) is 20.4.